The number of rotatable bonds is 4. The van der Waals surface area contributed by atoms with Gasteiger partial charge in [-0.15, -0.1) is 6.58 Å². The van der Waals surface area contributed by atoms with Gasteiger partial charge in [-0.05, 0) is 25.7 Å². The SMILES string of the molecule is C=C(C)CC(C)C(=O)N1CC(C)CC(C(=O)O)C1. The molecule has 1 aliphatic rings. The first kappa shape index (κ1) is 14.7. The minimum Gasteiger partial charge on any atom is -0.481 e. The maximum absolute atomic E-state index is 12.2. The topological polar surface area (TPSA) is 57.6 Å². The van der Waals surface area contributed by atoms with E-state index in [2.05, 4.69) is 6.58 Å². The Kier molecular flexibility index (Phi) is 4.93. The highest BCUT2D eigenvalue weighted by molar-refractivity contribution is 5.80. The Labute approximate surface area is 109 Å². The molecule has 0 saturated carbocycles. The normalized spacial score (nSPS) is 25.6. The minimum atomic E-state index is -0.799. The summed E-state index contributed by atoms with van der Waals surface area (Å²) in [4.78, 5) is 25.0. The van der Waals surface area contributed by atoms with Crippen LogP contribution in [-0.4, -0.2) is 35.0 Å². The lowest BCUT2D eigenvalue weighted by Crippen LogP contribution is -2.47. The van der Waals surface area contributed by atoms with Gasteiger partial charge >= 0.3 is 5.97 Å². The summed E-state index contributed by atoms with van der Waals surface area (Å²) in [5, 5.41) is 9.09. The molecule has 0 aliphatic carbocycles. The van der Waals surface area contributed by atoms with Crippen LogP contribution >= 0.6 is 0 Å². The zero-order valence-corrected chi connectivity index (χ0v) is 11.5. The monoisotopic (exact) mass is 253 g/mol. The fourth-order valence-electron chi connectivity index (χ4n) is 2.63. The van der Waals surface area contributed by atoms with Gasteiger partial charge in [0.2, 0.25) is 5.91 Å². The molecule has 1 amide bonds. The second-order valence-corrected chi connectivity index (χ2v) is 5.68. The molecule has 1 N–H and O–H groups in total. The van der Waals surface area contributed by atoms with E-state index in [1.165, 1.54) is 0 Å². The number of carbonyl (C=O) groups excluding carboxylic acids is 1. The predicted molar refractivity (Wildman–Crippen MR) is 70.1 cm³/mol. The molecule has 102 valence electrons. The fraction of sp³-hybridized carbons (Fsp3) is 0.714. The van der Waals surface area contributed by atoms with Crippen molar-refractivity contribution in [1.82, 2.24) is 4.90 Å². The number of piperidine rings is 1. The van der Waals surface area contributed by atoms with Crippen molar-refractivity contribution in [3.8, 4) is 0 Å². The van der Waals surface area contributed by atoms with E-state index in [1.807, 2.05) is 20.8 Å². The van der Waals surface area contributed by atoms with E-state index in [9.17, 15) is 9.59 Å². The van der Waals surface area contributed by atoms with Gasteiger partial charge < -0.3 is 10.0 Å². The third-order valence-corrected chi connectivity index (χ3v) is 3.40. The van der Waals surface area contributed by atoms with Gasteiger partial charge in [0.15, 0.2) is 0 Å². The summed E-state index contributed by atoms with van der Waals surface area (Å²) >= 11 is 0. The quantitative estimate of drug-likeness (QED) is 0.781. The van der Waals surface area contributed by atoms with Crippen LogP contribution in [-0.2, 0) is 9.59 Å². The van der Waals surface area contributed by atoms with Crippen LogP contribution in [0.2, 0.25) is 0 Å². The Balaban J connectivity index is 2.67. The smallest absolute Gasteiger partial charge is 0.308 e. The summed E-state index contributed by atoms with van der Waals surface area (Å²) in [7, 11) is 0. The average molecular weight is 253 g/mol. The summed E-state index contributed by atoms with van der Waals surface area (Å²) in [5.74, 6) is -1.03. The van der Waals surface area contributed by atoms with Crippen molar-refractivity contribution in [2.45, 2.75) is 33.6 Å². The van der Waals surface area contributed by atoms with Crippen molar-refractivity contribution in [1.29, 1.82) is 0 Å². The van der Waals surface area contributed by atoms with Crippen molar-refractivity contribution in [2.24, 2.45) is 17.8 Å². The van der Waals surface area contributed by atoms with Gasteiger partial charge in [-0.3, -0.25) is 9.59 Å². The number of hydrogen-bond acceptors (Lipinski definition) is 2. The molecule has 3 unspecified atom stereocenters. The number of hydrogen-bond donors (Lipinski definition) is 1. The summed E-state index contributed by atoms with van der Waals surface area (Å²) in [5.41, 5.74) is 0.982. The Bertz CT molecular complexity index is 351. The van der Waals surface area contributed by atoms with Gasteiger partial charge in [0.1, 0.15) is 0 Å². The van der Waals surface area contributed by atoms with Crippen LogP contribution in [0.1, 0.15) is 33.6 Å². The number of carboxylic acid groups (broad SMARTS) is 1. The summed E-state index contributed by atoms with van der Waals surface area (Å²) in [6.07, 6.45) is 1.33. The van der Waals surface area contributed by atoms with Crippen LogP contribution in [0.5, 0.6) is 0 Å². The molecule has 3 atom stereocenters. The molecule has 4 heteroatoms. The molecule has 0 aromatic carbocycles. The average Bonchev–Trinajstić information content (AvgIpc) is 2.26. The van der Waals surface area contributed by atoms with Crippen molar-refractivity contribution in [2.75, 3.05) is 13.1 Å². The largest absolute Gasteiger partial charge is 0.481 e. The predicted octanol–water partition coefficient (Wildman–Crippen LogP) is 2.16. The van der Waals surface area contributed by atoms with E-state index in [0.717, 1.165) is 5.57 Å². The minimum absolute atomic E-state index is 0.0517. The maximum atomic E-state index is 12.2. The van der Waals surface area contributed by atoms with E-state index >= 15 is 0 Å². The van der Waals surface area contributed by atoms with Crippen molar-refractivity contribution < 1.29 is 14.7 Å². The summed E-state index contributed by atoms with van der Waals surface area (Å²) in [6.45, 7) is 10.6. The molecule has 1 aliphatic heterocycles. The lowest BCUT2D eigenvalue weighted by molar-refractivity contribution is -0.148. The molecule has 18 heavy (non-hydrogen) atoms. The summed E-state index contributed by atoms with van der Waals surface area (Å²) in [6, 6.07) is 0. The first-order valence-electron chi connectivity index (χ1n) is 6.47. The van der Waals surface area contributed by atoms with Crippen molar-refractivity contribution in [3.05, 3.63) is 12.2 Å². The molecule has 1 saturated heterocycles. The standard InChI is InChI=1S/C14H23NO3/c1-9(2)5-11(4)13(16)15-7-10(3)6-12(8-15)14(17)18/h10-12H,1,5-8H2,2-4H3,(H,17,18). The van der Waals surface area contributed by atoms with E-state index in [0.29, 0.717) is 25.9 Å². The molecule has 0 bridgehead atoms. The van der Waals surface area contributed by atoms with Crippen molar-refractivity contribution >= 4 is 11.9 Å². The zero-order chi connectivity index (χ0) is 13.9. The lowest BCUT2D eigenvalue weighted by Gasteiger charge is -2.36. The first-order valence-corrected chi connectivity index (χ1v) is 6.47. The second-order valence-electron chi connectivity index (χ2n) is 5.68. The van der Waals surface area contributed by atoms with Crippen molar-refractivity contribution in [3.63, 3.8) is 0 Å². The van der Waals surface area contributed by atoms with Gasteiger partial charge in [0.05, 0.1) is 5.92 Å². The molecule has 1 heterocycles. The highest BCUT2D eigenvalue weighted by Crippen LogP contribution is 2.24. The van der Waals surface area contributed by atoms with Crippen LogP contribution in [0.4, 0.5) is 0 Å². The molecular formula is C14H23NO3. The second kappa shape index (κ2) is 6.03. The molecule has 0 aromatic heterocycles. The van der Waals surface area contributed by atoms with E-state index in [-0.39, 0.29) is 17.7 Å². The number of nitrogens with zero attached hydrogens (tertiary/aromatic N) is 1. The van der Waals surface area contributed by atoms with Gasteiger partial charge in [-0.2, -0.15) is 0 Å². The van der Waals surface area contributed by atoms with Crippen LogP contribution in [0.25, 0.3) is 0 Å². The number of allylic oxidation sites excluding steroid dienone is 1. The van der Waals surface area contributed by atoms with Gasteiger partial charge in [0, 0.05) is 19.0 Å². The Morgan fingerprint density at radius 1 is 1.44 bits per heavy atom. The third-order valence-electron chi connectivity index (χ3n) is 3.40. The Hall–Kier alpha value is -1.32. The van der Waals surface area contributed by atoms with E-state index in [1.54, 1.807) is 4.90 Å². The van der Waals surface area contributed by atoms with Crippen LogP contribution < -0.4 is 0 Å². The molecule has 0 radical (unpaired) electrons. The zero-order valence-electron chi connectivity index (χ0n) is 11.5. The number of carboxylic acids is 1. The van der Waals surface area contributed by atoms with Gasteiger partial charge in [-0.1, -0.05) is 19.4 Å². The van der Waals surface area contributed by atoms with Crippen LogP contribution in [0, 0.1) is 17.8 Å². The highest BCUT2D eigenvalue weighted by Gasteiger charge is 2.33. The molecule has 0 spiro atoms. The molecule has 0 aromatic rings. The molecule has 1 fully saturated rings. The lowest BCUT2D eigenvalue weighted by atomic mass is 9.89. The summed E-state index contributed by atoms with van der Waals surface area (Å²) < 4.78 is 0. The third kappa shape index (κ3) is 3.86. The number of amides is 1. The highest BCUT2D eigenvalue weighted by atomic mass is 16.4. The van der Waals surface area contributed by atoms with E-state index in [4.69, 9.17) is 5.11 Å². The van der Waals surface area contributed by atoms with Crippen LogP contribution in [0.15, 0.2) is 12.2 Å². The Morgan fingerprint density at radius 3 is 2.56 bits per heavy atom. The Morgan fingerprint density at radius 2 is 2.06 bits per heavy atom. The molecule has 1 rings (SSSR count). The first-order chi connectivity index (χ1) is 8.31. The molecular weight excluding hydrogens is 230 g/mol. The maximum Gasteiger partial charge on any atom is 0.308 e. The number of carbonyl (C=O) groups is 2. The number of aliphatic carboxylic acids is 1. The fourth-order valence-corrected chi connectivity index (χ4v) is 2.63. The molecule has 4 nitrogen and oxygen atoms in total. The van der Waals surface area contributed by atoms with Crippen LogP contribution in [0.3, 0.4) is 0 Å². The van der Waals surface area contributed by atoms with E-state index < -0.39 is 11.9 Å². The van der Waals surface area contributed by atoms with Gasteiger partial charge in [0.25, 0.3) is 0 Å². The number of likely N-dealkylation sites (tertiary alicyclic amines) is 1. The van der Waals surface area contributed by atoms with Gasteiger partial charge in [-0.25, -0.2) is 0 Å².